The lowest BCUT2D eigenvalue weighted by molar-refractivity contribution is 0.0532. The molecule has 1 aromatic carbocycles. The van der Waals surface area contributed by atoms with Gasteiger partial charge in [0.05, 0.1) is 11.1 Å². The van der Waals surface area contributed by atoms with E-state index in [0.29, 0.717) is 24.2 Å². The molecule has 3 amide bonds. The van der Waals surface area contributed by atoms with E-state index >= 15 is 0 Å². The van der Waals surface area contributed by atoms with Crippen LogP contribution in [0.4, 0.5) is 0 Å². The maximum absolute atomic E-state index is 12.8. The quantitative estimate of drug-likeness (QED) is 0.669. The third-order valence-corrected chi connectivity index (χ3v) is 5.13. The highest BCUT2D eigenvalue weighted by atomic mass is 16.2. The predicted octanol–water partition coefficient (Wildman–Crippen LogP) is 1.67. The minimum absolute atomic E-state index is 0.0585. The van der Waals surface area contributed by atoms with E-state index in [4.69, 9.17) is 5.73 Å². The van der Waals surface area contributed by atoms with Crippen molar-refractivity contribution in [3.63, 3.8) is 0 Å². The van der Waals surface area contributed by atoms with Crippen LogP contribution in [0.3, 0.4) is 0 Å². The Kier molecular flexibility index (Phi) is 4.24. The van der Waals surface area contributed by atoms with Crippen molar-refractivity contribution in [2.24, 2.45) is 11.1 Å². The van der Waals surface area contributed by atoms with Crippen LogP contribution < -0.4 is 5.73 Å². The van der Waals surface area contributed by atoms with E-state index in [-0.39, 0.29) is 41.3 Å². The van der Waals surface area contributed by atoms with Gasteiger partial charge < -0.3 is 10.6 Å². The number of amides is 3. The van der Waals surface area contributed by atoms with Crippen LogP contribution in [-0.2, 0) is 0 Å². The van der Waals surface area contributed by atoms with Crippen LogP contribution in [0.2, 0.25) is 0 Å². The van der Waals surface area contributed by atoms with E-state index in [2.05, 4.69) is 20.4 Å². The highest BCUT2D eigenvalue weighted by Crippen LogP contribution is 2.30. The SMILES string of the molecule is C=CCN1C(=O)c2ccc(C(=O)N3CCC(N)C(C)(C)C3)cc2C1=O. The number of hydrogen-bond donors (Lipinski definition) is 1. The number of piperidine rings is 1. The highest BCUT2D eigenvalue weighted by molar-refractivity contribution is 6.22. The second kappa shape index (κ2) is 6.11. The van der Waals surface area contributed by atoms with Crippen molar-refractivity contribution in [2.75, 3.05) is 19.6 Å². The van der Waals surface area contributed by atoms with Crippen molar-refractivity contribution in [3.8, 4) is 0 Å². The summed E-state index contributed by atoms with van der Waals surface area (Å²) in [7, 11) is 0. The van der Waals surface area contributed by atoms with Crippen LogP contribution in [0.1, 0.15) is 51.3 Å². The summed E-state index contributed by atoms with van der Waals surface area (Å²) in [6.45, 7) is 8.99. The van der Waals surface area contributed by atoms with Crippen LogP contribution in [0.15, 0.2) is 30.9 Å². The molecule has 25 heavy (non-hydrogen) atoms. The van der Waals surface area contributed by atoms with Gasteiger partial charge in [0.15, 0.2) is 0 Å². The number of imide groups is 1. The molecule has 0 bridgehead atoms. The van der Waals surface area contributed by atoms with Gasteiger partial charge in [0, 0.05) is 31.2 Å². The first-order valence-electron chi connectivity index (χ1n) is 8.42. The van der Waals surface area contributed by atoms with Gasteiger partial charge >= 0.3 is 0 Å². The van der Waals surface area contributed by atoms with E-state index in [1.807, 2.05) is 0 Å². The molecule has 6 heteroatoms. The number of hydrogen-bond acceptors (Lipinski definition) is 4. The maximum atomic E-state index is 12.8. The lowest BCUT2D eigenvalue weighted by Gasteiger charge is -2.42. The second-order valence-electron chi connectivity index (χ2n) is 7.38. The summed E-state index contributed by atoms with van der Waals surface area (Å²) in [6.07, 6.45) is 2.25. The topological polar surface area (TPSA) is 83.7 Å². The first-order valence-corrected chi connectivity index (χ1v) is 8.42. The zero-order chi connectivity index (χ0) is 18.4. The maximum Gasteiger partial charge on any atom is 0.261 e. The molecule has 2 aliphatic heterocycles. The van der Waals surface area contributed by atoms with Gasteiger partial charge in [-0.05, 0) is 30.0 Å². The van der Waals surface area contributed by atoms with Gasteiger partial charge in [0.1, 0.15) is 0 Å². The lowest BCUT2D eigenvalue weighted by Crippen LogP contribution is -2.54. The molecule has 1 aromatic rings. The Hall–Kier alpha value is -2.47. The number of fused-ring (bicyclic) bond motifs is 1. The second-order valence-corrected chi connectivity index (χ2v) is 7.38. The standard InChI is InChI=1S/C19H23N3O3/c1-4-8-22-17(24)13-6-5-12(10-14(13)18(22)25)16(23)21-9-7-15(20)19(2,3)11-21/h4-6,10,15H,1,7-9,11,20H2,2-3H3. The molecule has 1 atom stereocenters. The lowest BCUT2D eigenvalue weighted by atomic mass is 9.79. The highest BCUT2D eigenvalue weighted by Gasteiger charge is 2.38. The zero-order valence-corrected chi connectivity index (χ0v) is 14.6. The zero-order valence-electron chi connectivity index (χ0n) is 14.6. The number of carbonyl (C=O) groups is 3. The fraction of sp³-hybridized carbons (Fsp3) is 0.421. The summed E-state index contributed by atoms with van der Waals surface area (Å²) in [6, 6.07) is 4.77. The van der Waals surface area contributed by atoms with Gasteiger partial charge in [-0.2, -0.15) is 0 Å². The molecule has 0 aromatic heterocycles. The van der Waals surface area contributed by atoms with E-state index in [9.17, 15) is 14.4 Å². The largest absolute Gasteiger partial charge is 0.338 e. The third-order valence-electron chi connectivity index (χ3n) is 5.13. The van der Waals surface area contributed by atoms with Crippen molar-refractivity contribution >= 4 is 17.7 Å². The molecular weight excluding hydrogens is 318 g/mol. The monoisotopic (exact) mass is 341 g/mol. The number of benzene rings is 1. The van der Waals surface area contributed by atoms with Crippen LogP contribution >= 0.6 is 0 Å². The summed E-state index contributed by atoms with van der Waals surface area (Å²) in [5, 5.41) is 0. The number of carbonyl (C=O) groups excluding carboxylic acids is 3. The van der Waals surface area contributed by atoms with Crippen molar-refractivity contribution < 1.29 is 14.4 Å². The Morgan fingerprint density at radius 3 is 2.64 bits per heavy atom. The Morgan fingerprint density at radius 1 is 1.32 bits per heavy atom. The van der Waals surface area contributed by atoms with Crippen LogP contribution in [0, 0.1) is 5.41 Å². The summed E-state index contributed by atoms with van der Waals surface area (Å²) >= 11 is 0. The van der Waals surface area contributed by atoms with E-state index in [1.54, 1.807) is 17.0 Å². The first-order chi connectivity index (χ1) is 11.8. The number of nitrogens with zero attached hydrogens (tertiary/aromatic N) is 2. The summed E-state index contributed by atoms with van der Waals surface area (Å²) in [4.78, 5) is 40.4. The molecule has 1 fully saturated rings. The van der Waals surface area contributed by atoms with Gasteiger partial charge in [-0.1, -0.05) is 19.9 Å². The Bertz CT molecular complexity index is 769. The van der Waals surface area contributed by atoms with E-state index < -0.39 is 0 Å². The molecule has 0 radical (unpaired) electrons. The normalized spacial score (nSPS) is 22.1. The Balaban J connectivity index is 1.86. The third kappa shape index (κ3) is 2.87. The van der Waals surface area contributed by atoms with Gasteiger partial charge in [0.2, 0.25) is 0 Å². The minimum Gasteiger partial charge on any atom is -0.338 e. The molecule has 2 aliphatic rings. The average Bonchev–Trinajstić information content (AvgIpc) is 2.81. The molecule has 0 spiro atoms. The summed E-state index contributed by atoms with van der Waals surface area (Å²) in [5.74, 6) is -0.857. The molecule has 2 N–H and O–H groups in total. The van der Waals surface area contributed by atoms with Gasteiger partial charge in [0.25, 0.3) is 17.7 Å². The van der Waals surface area contributed by atoms with Crippen molar-refractivity contribution in [1.82, 2.24) is 9.80 Å². The molecule has 1 saturated heterocycles. The minimum atomic E-state index is -0.379. The van der Waals surface area contributed by atoms with E-state index in [0.717, 1.165) is 11.3 Å². The average molecular weight is 341 g/mol. The number of likely N-dealkylation sites (tertiary alicyclic amines) is 1. The number of rotatable bonds is 3. The summed E-state index contributed by atoms with van der Waals surface area (Å²) < 4.78 is 0. The van der Waals surface area contributed by atoms with Crippen LogP contribution in [-0.4, -0.2) is 53.2 Å². The number of nitrogens with two attached hydrogens (primary N) is 1. The molecule has 3 rings (SSSR count). The molecule has 132 valence electrons. The molecule has 0 saturated carbocycles. The first kappa shape index (κ1) is 17.4. The van der Waals surface area contributed by atoms with Gasteiger partial charge in [-0.25, -0.2) is 0 Å². The Morgan fingerprint density at radius 2 is 2.00 bits per heavy atom. The fourth-order valence-corrected chi connectivity index (χ4v) is 3.45. The molecule has 1 unspecified atom stereocenters. The molecule has 2 heterocycles. The van der Waals surface area contributed by atoms with Crippen LogP contribution in [0.5, 0.6) is 0 Å². The summed E-state index contributed by atoms with van der Waals surface area (Å²) in [5.41, 5.74) is 7.02. The Labute approximate surface area is 147 Å². The molecule has 6 nitrogen and oxygen atoms in total. The van der Waals surface area contributed by atoms with Crippen LogP contribution in [0.25, 0.3) is 0 Å². The molecule has 0 aliphatic carbocycles. The van der Waals surface area contributed by atoms with Gasteiger partial charge in [-0.15, -0.1) is 6.58 Å². The predicted molar refractivity (Wildman–Crippen MR) is 94.3 cm³/mol. The van der Waals surface area contributed by atoms with Crippen molar-refractivity contribution in [2.45, 2.75) is 26.3 Å². The fourth-order valence-electron chi connectivity index (χ4n) is 3.45. The van der Waals surface area contributed by atoms with Gasteiger partial charge in [-0.3, -0.25) is 19.3 Å². The smallest absolute Gasteiger partial charge is 0.261 e. The van der Waals surface area contributed by atoms with Crippen molar-refractivity contribution in [1.29, 1.82) is 0 Å². The van der Waals surface area contributed by atoms with Crippen molar-refractivity contribution in [3.05, 3.63) is 47.5 Å². The molecular formula is C19H23N3O3. The van der Waals surface area contributed by atoms with E-state index in [1.165, 1.54) is 12.1 Å².